The highest BCUT2D eigenvalue weighted by atomic mass is 16.5. The lowest BCUT2D eigenvalue weighted by Gasteiger charge is -2.12. The van der Waals surface area contributed by atoms with Crippen LogP contribution >= 0.6 is 0 Å². The largest absolute Gasteiger partial charge is 0.437 e. The summed E-state index contributed by atoms with van der Waals surface area (Å²) in [6.07, 6.45) is 0.957. The van der Waals surface area contributed by atoms with Crippen molar-refractivity contribution in [2.75, 3.05) is 0 Å². The molecule has 3 N–H and O–H groups in total. The van der Waals surface area contributed by atoms with Crippen LogP contribution in [0.3, 0.4) is 0 Å². The predicted octanol–water partition coefficient (Wildman–Crippen LogP) is 2.54. The third kappa shape index (κ3) is 3.10. The van der Waals surface area contributed by atoms with Crippen LogP contribution in [0.1, 0.15) is 29.3 Å². The number of oxime groups is 1. The Morgan fingerprint density at radius 3 is 2.48 bits per heavy atom. The second-order valence-electron chi connectivity index (χ2n) is 4.68. The number of nitrogens with two attached hydrogens (primary N) is 1. The SMILES string of the molecule is CCc1ccc(Oc2nnc(C)c(C)c2/C(N)=N/O)cc1. The zero-order valence-corrected chi connectivity index (χ0v) is 12.3. The van der Waals surface area contributed by atoms with E-state index in [4.69, 9.17) is 15.7 Å². The third-order valence-electron chi connectivity index (χ3n) is 3.33. The first-order valence-electron chi connectivity index (χ1n) is 6.65. The zero-order chi connectivity index (χ0) is 15.4. The van der Waals surface area contributed by atoms with Gasteiger partial charge in [0, 0.05) is 0 Å². The molecular formula is C15H18N4O2. The van der Waals surface area contributed by atoms with E-state index in [9.17, 15) is 0 Å². The first-order valence-corrected chi connectivity index (χ1v) is 6.65. The fraction of sp³-hybridized carbons (Fsp3) is 0.267. The lowest BCUT2D eigenvalue weighted by Crippen LogP contribution is -2.18. The van der Waals surface area contributed by atoms with Crippen molar-refractivity contribution in [3.8, 4) is 11.6 Å². The molecule has 0 fully saturated rings. The molecule has 0 unspecified atom stereocenters. The monoisotopic (exact) mass is 286 g/mol. The van der Waals surface area contributed by atoms with Gasteiger partial charge in [0.15, 0.2) is 5.84 Å². The molecule has 0 saturated carbocycles. The number of hydrogen-bond acceptors (Lipinski definition) is 5. The third-order valence-corrected chi connectivity index (χ3v) is 3.33. The van der Waals surface area contributed by atoms with Gasteiger partial charge in [0.1, 0.15) is 5.75 Å². The van der Waals surface area contributed by atoms with Gasteiger partial charge in [-0.25, -0.2) is 0 Å². The highest BCUT2D eigenvalue weighted by Crippen LogP contribution is 2.26. The van der Waals surface area contributed by atoms with Crippen LogP contribution in [0, 0.1) is 13.8 Å². The van der Waals surface area contributed by atoms with Crippen LogP contribution in [-0.4, -0.2) is 21.2 Å². The standard InChI is InChI=1S/C15H18N4O2/c1-4-11-5-7-12(8-6-11)21-15-13(14(16)19-20)9(2)10(3)17-18-15/h5-8,20H,4H2,1-3H3,(H2,16,19). The number of aromatic nitrogens is 2. The van der Waals surface area contributed by atoms with Gasteiger partial charge >= 0.3 is 0 Å². The van der Waals surface area contributed by atoms with E-state index >= 15 is 0 Å². The number of hydrogen-bond donors (Lipinski definition) is 2. The highest BCUT2D eigenvalue weighted by Gasteiger charge is 2.17. The van der Waals surface area contributed by atoms with Crippen molar-refractivity contribution in [2.24, 2.45) is 10.9 Å². The van der Waals surface area contributed by atoms with Crippen molar-refractivity contribution in [2.45, 2.75) is 27.2 Å². The Bertz CT molecular complexity index is 666. The van der Waals surface area contributed by atoms with Gasteiger partial charge in [-0.15, -0.1) is 5.10 Å². The fourth-order valence-corrected chi connectivity index (χ4v) is 1.91. The van der Waals surface area contributed by atoms with Crippen molar-refractivity contribution in [1.82, 2.24) is 10.2 Å². The smallest absolute Gasteiger partial charge is 0.250 e. The van der Waals surface area contributed by atoms with E-state index in [0.717, 1.165) is 12.0 Å². The van der Waals surface area contributed by atoms with Crippen molar-refractivity contribution in [3.63, 3.8) is 0 Å². The van der Waals surface area contributed by atoms with Crippen LogP contribution in [0.15, 0.2) is 29.4 Å². The summed E-state index contributed by atoms with van der Waals surface area (Å²) in [5.74, 6) is 0.792. The van der Waals surface area contributed by atoms with Gasteiger partial charge in [-0.2, -0.15) is 5.10 Å². The summed E-state index contributed by atoms with van der Waals surface area (Å²) < 4.78 is 5.72. The number of rotatable bonds is 4. The van der Waals surface area contributed by atoms with Gasteiger partial charge in [0.2, 0.25) is 5.88 Å². The predicted molar refractivity (Wildman–Crippen MR) is 79.9 cm³/mol. The number of amidine groups is 1. The highest BCUT2D eigenvalue weighted by molar-refractivity contribution is 6.00. The minimum absolute atomic E-state index is 0.0503. The summed E-state index contributed by atoms with van der Waals surface area (Å²) in [4.78, 5) is 0. The molecule has 110 valence electrons. The maximum absolute atomic E-state index is 8.92. The van der Waals surface area contributed by atoms with Crippen LogP contribution in [0.25, 0.3) is 0 Å². The topological polar surface area (TPSA) is 93.6 Å². The molecule has 0 saturated heterocycles. The molecule has 6 heteroatoms. The number of nitrogens with zero attached hydrogens (tertiary/aromatic N) is 3. The van der Waals surface area contributed by atoms with E-state index in [1.165, 1.54) is 5.56 Å². The molecule has 1 aromatic carbocycles. The van der Waals surface area contributed by atoms with Crippen molar-refractivity contribution in [3.05, 3.63) is 46.6 Å². The maximum atomic E-state index is 8.92. The quantitative estimate of drug-likeness (QED) is 0.390. The summed E-state index contributed by atoms with van der Waals surface area (Å²) in [6.45, 7) is 5.71. The average molecular weight is 286 g/mol. The first kappa shape index (κ1) is 14.8. The molecule has 1 heterocycles. The molecule has 0 bridgehead atoms. The Morgan fingerprint density at radius 1 is 1.24 bits per heavy atom. The molecule has 0 aliphatic carbocycles. The molecule has 0 aliphatic heterocycles. The molecule has 2 aromatic rings. The van der Waals surface area contributed by atoms with E-state index in [1.54, 1.807) is 6.92 Å². The van der Waals surface area contributed by atoms with Gasteiger partial charge in [-0.05, 0) is 43.5 Å². The van der Waals surface area contributed by atoms with Gasteiger partial charge in [0.05, 0.1) is 11.3 Å². The Kier molecular flexibility index (Phi) is 4.37. The van der Waals surface area contributed by atoms with E-state index in [0.29, 0.717) is 17.0 Å². The van der Waals surface area contributed by atoms with Crippen LogP contribution < -0.4 is 10.5 Å². The molecule has 6 nitrogen and oxygen atoms in total. The Labute approximate surface area is 123 Å². The Balaban J connectivity index is 2.41. The minimum Gasteiger partial charge on any atom is -0.437 e. The van der Waals surface area contributed by atoms with Crippen LogP contribution in [0.2, 0.25) is 0 Å². The summed E-state index contributed by atoms with van der Waals surface area (Å²) in [5.41, 5.74) is 8.84. The van der Waals surface area contributed by atoms with Crippen LogP contribution in [0.5, 0.6) is 11.6 Å². The van der Waals surface area contributed by atoms with E-state index in [2.05, 4.69) is 22.3 Å². The van der Waals surface area contributed by atoms with Crippen molar-refractivity contribution < 1.29 is 9.94 Å². The lowest BCUT2D eigenvalue weighted by molar-refractivity contribution is 0.318. The van der Waals surface area contributed by atoms with Gasteiger partial charge < -0.3 is 15.7 Å². The lowest BCUT2D eigenvalue weighted by atomic mass is 10.1. The van der Waals surface area contributed by atoms with Gasteiger partial charge in [0.25, 0.3) is 0 Å². The van der Waals surface area contributed by atoms with Gasteiger partial charge in [-0.3, -0.25) is 0 Å². The Hall–Kier alpha value is -2.63. The number of aryl methyl sites for hydroxylation is 2. The van der Waals surface area contributed by atoms with Crippen LogP contribution in [-0.2, 0) is 6.42 Å². The number of ether oxygens (including phenoxy) is 1. The van der Waals surface area contributed by atoms with Crippen molar-refractivity contribution >= 4 is 5.84 Å². The van der Waals surface area contributed by atoms with E-state index in [-0.39, 0.29) is 11.7 Å². The summed E-state index contributed by atoms with van der Waals surface area (Å²) >= 11 is 0. The van der Waals surface area contributed by atoms with Crippen molar-refractivity contribution in [1.29, 1.82) is 0 Å². The fourth-order valence-electron chi connectivity index (χ4n) is 1.91. The second kappa shape index (κ2) is 6.21. The molecule has 0 amide bonds. The summed E-state index contributed by atoms with van der Waals surface area (Å²) in [7, 11) is 0. The van der Waals surface area contributed by atoms with Crippen LogP contribution in [0.4, 0.5) is 0 Å². The molecule has 0 aliphatic rings. The molecule has 0 atom stereocenters. The first-order chi connectivity index (χ1) is 10.1. The molecular weight excluding hydrogens is 268 g/mol. The zero-order valence-electron chi connectivity index (χ0n) is 12.3. The number of benzene rings is 1. The molecule has 1 aromatic heterocycles. The second-order valence-corrected chi connectivity index (χ2v) is 4.68. The normalized spacial score (nSPS) is 11.5. The molecule has 0 spiro atoms. The van der Waals surface area contributed by atoms with E-state index < -0.39 is 0 Å². The molecule has 0 radical (unpaired) electrons. The Morgan fingerprint density at radius 2 is 1.90 bits per heavy atom. The molecule has 21 heavy (non-hydrogen) atoms. The minimum atomic E-state index is -0.0503. The van der Waals surface area contributed by atoms with Gasteiger partial charge in [-0.1, -0.05) is 24.2 Å². The van der Waals surface area contributed by atoms with E-state index in [1.807, 2.05) is 31.2 Å². The summed E-state index contributed by atoms with van der Waals surface area (Å²) in [5, 5.41) is 20.0. The summed E-state index contributed by atoms with van der Waals surface area (Å²) in [6, 6.07) is 7.66. The molecule has 2 rings (SSSR count). The average Bonchev–Trinajstić information content (AvgIpc) is 2.51. The maximum Gasteiger partial charge on any atom is 0.250 e.